The lowest BCUT2D eigenvalue weighted by Gasteiger charge is -2.22. The lowest BCUT2D eigenvalue weighted by molar-refractivity contribution is -0.139. The molecule has 0 aliphatic carbocycles. The molecule has 5 nitrogen and oxygen atoms in total. The van der Waals surface area contributed by atoms with Gasteiger partial charge in [-0.3, -0.25) is 4.31 Å². The van der Waals surface area contributed by atoms with Gasteiger partial charge in [-0.25, -0.2) is 13.4 Å². The van der Waals surface area contributed by atoms with Crippen LogP contribution in [0, 0.1) is 18.7 Å². The Hall–Kier alpha value is -3.19. The summed E-state index contributed by atoms with van der Waals surface area (Å²) in [5.41, 5.74) is 6.02. The molecule has 0 fully saturated rings. The highest BCUT2D eigenvalue weighted by Crippen LogP contribution is 2.46. The van der Waals surface area contributed by atoms with Gasteiger partial charge >= 0.3 is 5.97 Å². The predicted molar refractivity (Wildman–Crippen MR) is 137 cm³/mol. The smallest absolute Gasteiger partial charge is 0.341 e. The number of carboxylic acid groups (broad SMARTS) is 1. The molecule has 1 N–H and O–H groups in total. The molecule has 2 atom stereocenters. The number of carbonyl (C=O) groups is 1. The number of ether oxygens (including phenoxy) is 1. The third-order valence-electron chi connectivity index (χ3n) is 6.49. The molecule has 2 unspecified atom stereocenters. The summed E-state index contributed by atoms with van der Waals surface area (Å²) in [6.45, 7) is 8.47. The number of halogens is 1. The summed E-state index contributed by atoms with van der Waals surface area (Å²) in [7, 11) is -1.44. The second-order valence-corrected chi connectivity index (χ2v) is 10.6. The van der Waals surface area contributed by atoms with Crippen molar-refractivity contribution in [1.82, 2.24) is 0 Å². The van der Waals surface area contributed by atoms with E-state index in [0.29, 0.717) is 23.1 Å². The lowest BCUT2D eigenvalue weighted by atomic mass is 9.87. The molecule has 35 heavy (non-hydrogen) atoms. The van der Waals surface area contributed by atoms with E-state index in [1.165, 1.54) is 17.7 Å². The zero-order valence-electron chi connectivity index (χ0n) is 20.4. The third-order valence-corrected chi connectivity index (χ3v) is 7.88. The molecule has 0 bridgehead atoms. The Bertz CT molecular complexity index is 1270. The van der Waals surface area contributed by atoms with Crippen molar-refractivity contribution in [1.29, 1.82) is 0 Å². The highest BCUT2D eigenvalue weighted by molar-refractivity contribution is 7.86. The Morgan fingerprint density at radius 2 is 1.86 bits per heavy atom. The van der Waals surface area contributed by atoms with Gasteiger partial charge < -0.3 is 9.84 Å². The molecule has 3 aromatic carbocycles. The molecule has 0 amide bonds. The maximum absolute atomic E-state index is 13.8. The molecule has 1 heterocycles. The minimum Gasteiger partial charge on any atom is -0.482 e. The van der Waals surface area contributed by atoms with Crippen LogP contribution < -0.4 is 9.04 Å². The molecule has 4 rings (SSSR count). The van der Waals surface area contributed by atoms with Gasteiger partial charge in [-0.2, -0.15) is 0 Å². The average molecular weight is 496 g/mol. The normalized spacial score (nSPS) is 15.8. The van der Waals surface area contributed by atoms with Crippen LogP contribution in [0.5, 0.6) is 5.75 Å². The van der Waals surface area contributed by atoms with Gasteiger partial charge in [0.15, 0.2) is 17.6 Å². The van der Waals surface area contributed by atoms with Gasteiger partial charge in [0.2, 0.25) is 0 Å². The molecule has 3 aromatic rings. The lowest BCUT2D eigenvalue weighted by Crippen LogP contribution is -2.26. The number of benzene rings is 3. The summed E-state index contributed by atoms with van der Waals surface area (Å²) >= 11 is 0. The fraction of sp³-hybridized carbons (Fsp3) is 0.321. The first kappa shape index (κ1) is 24.9. The molecule has 0 radical (unpaired) electrons. The van der Waals surface area contributed by atoms with E-state index >= 15 is 0 Å². The number of nitrogens with zero attached hydrogens (tertiary/aromatic N) is 1. The summed E-state index contributed by atoms with van der Waals surface area (Å²) in [6, 6.07) is 16.0. The van der Waals surface area contributed by atoms with E-state index < -0.39 is 23.6 Å². The van der Waals surface area contributed by atoms with Crippen LogP contribution in [0.1, 0.15) is 43.4 Å². The van der Waals surface area contributed by atoms with E-state index in [0.717, 1.165) is 34.4 Å². The number of fused-ring (bicyclic) bond motifs is 1. The van der Waals surface area contributed by atoms with E-state index in [2.05, 4.69) is 32.9 Å². The number of aryl methyl sites for hydroxylation is 2. The molecule has 7 heteroatoms. The Labute approximate surface area is 208 Å². The van der Waals surface area contributed by atoms with Gasteiger partial charge in [0.25, 0.3) is 0 Å². The summed E-state index contributed by atoms with van der Waals surface area (Å²) < 4.78 is 34.6. The first-order chi connectivity index (χ1) is 16.7. The van der Waals surface area contributed by atoms with E-state index in [4.69, 9.17) is 9.84 Å². The van der Waals surface area contributed by atoms with Crippen LogP contribution in [0.4, 0.5) is 10.1 Å². The molecule has 0 spiro atoms. The van der Waals surface area contributed by atoms with Crippen molar-refractivity contribution in [2.45, 2.75) is 44.9 Å². The van der Waals surface area contributed by atoms with Crippen LogP contribution in [-0.4, -0.2) is 28.4 Å². The van der Waals surface area contributed by atoms with E-state index in [9.17, 15) is 13.4 Å². The second kappa shape index (κ2) is 10.2. The number of anilines is 1. The highest BCUT2D eigenvalue weighted by Gasteiger charge is 2.36. The van der Waals surface area contributed by atoms with Crippen molar-refractivity contribution in [3.05, 3.63) is 77.1 Å². The standard InChI is InChI=1S/C28H30FNO4S/c1-5-19-13-21(20-6-8-22(29)9-7-20)14-24-25(17(2)3)15-30(28(19)24)35(33)23-10-11-26(18(4)12-23)34-16-27(31)32/h6-14,17,25H,5,15-16H2,1-4H3,(H,31,32). The Balaban J connectivity index is 1.73. The van der Waals surface area contributed by atoms with Crippen molar-refractivity contribution in [3.8, 4) is 16.9 Å². The summed E-state index contributed by atoms with van der Waals surface area (Å²) in [5.74, 6) is -0.288. The van der Waals surface area contributed by atoms with Crippen molar-refractivity contribution in [2.24, 2.45) is 5.92 Å². The fourth-order valence-corrected chi connectivity index (χ4v) is 6.03. The maximum atomic E-state index is 13.8. The number of aliphatic carboxylic acids is 1. The van der Waals surface area contributed by atoms with Crippen LogP contribution in [-0.2, 0) is 22.2 Å². The Morgan fingerprint density at radius 1 is 1.14 bits per heavy atom. The summed E-state index contributed by atoms with van der Waals surface area (Å²) in [4.78, 5) is 11.5. The number of hydrogen-bond donors (Lipinski definition) is 1. The zero-order chi connectivity index (χ0) is 25.3. The van der Waals surface area contributed by atoms with Crippen LogP contribution in [0.2, 0.25) is 0 Å². The number of carboxylic acids is 1. The van der Waals surface area contributed by atoms with Crippen LogP contribution in [0.15, 0.2) is 59.5 Å². The fourth-order valence-electron chi connectivity index (χ4n) is 4.63. The van der Waals surface area contributed by atoms with Gasteiger partial charge in [0.05, 0.1) is 10.6 Å². The van der Waals surface area contributed by atoms with Gasteiger partial charge in [0, 0.05) is 12.5 Å². The molecular weight excluding hydrogens is 465 g/mol. The second-order valence-electron chi connectivity index (χ2n) is 9.20. The van der Waals surface area contributed by atoms with Gasteiger partial charge in [-0.15, -0.1) is 0 Å². The van der Waals surface area contributed by atoms with E-state index in [1.54, 1.807) is 30.3 Å². The molecule has 1 aliphatic rings. The quantitative estimate of drug-likeness (QED) is 0.410. The Morgan fingerprint density at radius 3 is 2.46 bits per heavy atom. The van der Waals surface area contributed by atoms with Crippen molar-refractivity contribution >= 4 is 22.6 Å². The van der Waals surface area contributed by atoms with Crippen molar-refractivity contribution in [3.63, 3.8) is 0 Å². The van der Waals surface area contributed by atoms with Crippen LogP contribution >= 0.6 is 0 Å². The highest BCUT2D eigenvalue weighted by atomic mass is 32.2. The molecule has 1 aliphatic heterocycles. The average Bonchev–Trinajstić information content (AvgIpc) is 3.22. The van der Waals surface area contributed by atoms with Gasteiger partial charge in [0.1, 0.15) is 11.6 Å². The first-order valence-electron chi connectivity index (χ1n) is 11.8. The largest absolute Gasteiger partial charge is 0.482 e. The molecule has 0 saturated heterocycles. The van der Waals surface area contributed by atoms with Crippen LogP contribution in [0.25, 0.3) is 11.1 Å². The van der Waals surface area contributed by atoms with Crippen LogP contribution in [0.3, 0.4) is 0 Å². The maximum Gasteiger partial charge on any atom is 0.341 e. The van der Waals surface area contributed by atoms with Crippen molar-refractivity contribution < 1.29 is 23.2 Å². The SMILES string of the molecule is CCc1cc(-c2ccc(F)cc2)cc2c1N(S(=O)c1ccc(OCC(=O)O)c(C)c1)CC2C(C)C. The van der Waals surface area contributed by atoms with Gasteiger partial charge in [-0.1, -0.05) is 32.9 Å². The zero-order valence-corrected chi connectivity index (χ0v) is 21.2. The number of hydrogen-bond acceptors (Lipinski definition) is 3. The molecule has 0 aromatic heterocycles. The van der Waals surface area contributed by atoms with E-state index in [1.807, 2.05) is 11.2 Å². The summed E-state index contributed by atoms with van der Waals surface area (Å²) in [5, 5.41) is 8.87. The van der Waals surface area contributed by atoms with E-state index in [-0.39, 0.29) is 11.7 Å². The topological polar surface area (TPSA) is 66.8 Å². The van der Waals surface area contributed by atoms with Crippen molar-refractivity contribution in [2.75, 3.05) is 17.5 Å². The third kappa shape index (κ3) is 5.10. The molecular formula is C28H30FNO4S. The number of rotatable bonds is 8. The minimum absolute atomic E-state index is 0.207. The first-order valence-corrected chi connectivity index (χ1v) is 12.9. The summed E-state index contributed by atoms with van der Waals surface area (Å²) in [6.07, 6.45) is 0.775. The molecule has 0 saturated carbocycles. The molecule has 184 valence electrons. The van der Waals surface area contributed by atoms with Gasteiger partial charge in [-0.05, 0) is 89.5 Å². The minimum atomic E-state index is -1.44. The monoisotopic (exact) mass is 495 g/mol. The predicted octanol–water partition coefficient (Wildman–Crippen LogP) is 6.11. The Kier molecular flexibility index (Phi) is 7.26.